The van der Waals surface area contributed by atoms with Crippen molar-refractivity contribution in [3.8, 4) is 0 Å². The van der Waals surface area contributed by atoms with Crippen LogP contribution >= 0.6 is 0 Å². The summed E-state index contributed by atoms with van der Waals surface area (Å²) in [6, 6.07) is 5.55. The van der Waals surface area contributed by atoms with Gasteiger partial charge in [-0.15, -0.1) is 0 Å². The van der Waals surface area contributed by atoms with Gasteiger partial charge in [0.25, 0.3) is 0 Å². The van der Waals surface area contributed by atoms with Crippen LogP contribution in [0.1, 0.15) is 40.7 Å². The molecule has 0 saturated heterocycles. The van der Waals surface area contributed by atoms with E-state index in [-0.39, 0.29) is 18.6 Å². The monoisotopic (exact) mass is 234 g/mol. The van der Waals surface area contributed by atoms with Crippen LogP contribution in [-0.2, 0) is 22.7 Å². The minimum absolute atomic E-state index is 0.000880. The number of fused-ring (bicyclic) bond motifs is 1. The van der Waals surface area contributed by atoms with Crippen LogP contribution in [-0.4, -0.2) is 16.9 Å². The van der Waals surface area contributed by atoms with Gasteiger partial charge in [0.1, 0.15) is 0 Å². The third-order valence-electron chi connectivity index (χ3n) is 2.84. The highest BCUT2D eigenvalue weighted by molar-refractivity contribution is 5.96. The van der Waals surface area contributed by atoms with Crippen molar-refractivity contribution in [3.63, 3.8) is 0 Å². The molecule has 90 valence electrons. The standard InChI is InChI=1S/C13H14O4/c14-12(2-1-3-13(15)16)9-4-5-10-7-17-8-11(10)6-9/h4-6H,1-3,7-8H2,(H,15,16). The van der Waals surface area contributed by atoms with Gasteiger partial charge in [-0.3, -0.25) is 9.59 Å². The van der Waals surface area contributed by atoms with Gasteiger partial charge < -0.3 is 9.84 Å². The third kappa shape index (κ3) is 2.91. The maximum atomic E-state index is 11.8. The fraction of sp³-hybridized carbons (Fsp3) is 0.385. The Bertz CT molecular complexity index is 451. The van der Waals surface area contributed by atoms with Crippen LogP contribution in [0.5, 0.6) is 0 Å². The normalized spacial score (nSPS) is 13.4. The maximum absolute atomic E-state index is 11.8. The second kappa shape index (κ2) is 5.10. The Morgan fingerprint density at radius 1 is 1.18 bits per heavy atom. The van der Waals surface area contributed by atoms with E-state index in [1.807, 2.05) is 12.1 Å². The lowest BCUT2D eigenvalue weighted by Crippen LogP contribution is -2.02. The highest BCUT2D eigenvalue weighted by atomic mass is 16.5. The van der Waals surface area contributed by atoms with E-state index in [4.69, 9.17) is 9.84 Å². The number of benzene rings is 1. The van der Waals surface area contributed by atoms with E-state index in [9.17, 15) is 9.59 Å². The first-order chi connectivity index (χ1) is 8.16. The smallest absolute Gasteiger partial charge is 0.303 e. The Balaban J connectivity index is 1.97. The molecule has 0 saturated carbocycles. The zero-order valence-corrected chi connectivity index (χ0v) is 9.44. The van der Waals surface area contributed by atoms with Crippen molar-refractivity contribution in [2.24, 2.45) is 0 Å². The number of ether oxygens (including phenoxy) is 1. The van der Waals surface area contributed by atoms with E-state index < -0.39 is 5.97 Å². The van der Waals surface area contributed by atoms with Gasteiger partial charge in [-0.05, 0) is 23.6 Å². The molecule has 0 radical (unpaired) electrons. The highest BCUT2D eigenvalue weighted by Gasteiger charge is 2.14. The van der Waals surface area contributed by atoms with Crippen LogP contribution in [0.15, 0.2) is 18.2 Å². The van der Waals surface area contributed by atoms with E-state index in [1.54, 1.807) is 6.07 Å². The van der Waals surface area contributed by atoms with E-state index >= 15 is 0 Å². The van der Waals surface area contributed by atoms with E-state index in [0.29, 0.717) is 25.2 Å². The first-order valence-corrected chi connectivity index (χ1v) is 5.61. The van der Waals surface area contributed by atoms with Gasteiger partial charge in [-0.25, -0.2) is 0 Å². The van der Waals surface area contributed by atoms with Gasteiger partial charge in [-0.1, -0.05) is 12.1 Å². The molecule has 1 N–H and O–H groups in total. The van der Waals surface area contributed by atoms with Crippen LogP contribution < -0.4 is 0 Å². The van der Waals surface area contributed by atoms with Gasteiger partial charge in [0.2, 0.25) is 0 Å². The fourth-order valence-corrected chi connectivity index (χ4v) is 1.89. The number of carboxylic acids is 1. The summed E-state index contributed by atoms with van der Waals surface area (Å²) in [5, 5.41) is 8.50. The number of carbonyl (C=O) groups is 2. The van der Waals surface area contributed by atoms with Gasteiger partial charge in [-0.2, -0.15) is 0 Å². The number of hydrogen-bond donors (Lipinski definition) is 1. The molecule has 0 bridgehead atoms. The molecule has 1 heterocycles. The second-order valence-corrected chi connectivity index (χ2v) is 4.15. The zero-order chi connectivity index (χ0) is 12.3. The Morgan fingerprint density at radius 3 is 2.71 bits per heavy atom. The maximum Gasteiger partial charge on any atom is 0.303 e. The van der Waals surface area contributed by atoms with Crippen molar-refractivity contribution >= 4 is 11.8 Å². The lowest BCUT2D eigenvalue weighted by atomic mass is 10.0. The van der Waals surface area contributed by atoms with Crippen LogP contribution in [0.2, 0.25) is 0 Å². The molecule has 2 rings (SSSR count). The minimum Gasteiger partial charge on any atom is -0.481 e. The van der Waals surface area contributed by atoms with Gasteiger partial charge in [0, 0.05) is 18.4 Å². The Morgan fingerprint density at radius 2 is 1.94 bits per heavy atom. The van der Waals surface area contributed by atoms with Crippen molar-refractivity contribution < 1.29 is 19.4 Å². The molecule has 0 aromatic heterocycles. The molecule has 0 spiro atoms. The molecule has 4 nitrogen and oxygen atoms in total. The number of carboxylic acid groups (broad SMARTS) is 1. The van der Waals surface area contributed by atoms with Crippen molar-refractivity contribution in [3.05, 3.63) is 34.9 Å². The quantitative estimate of drug-likeness (QED) is 0.793. The fourth-order valence-electron chi connectivity index (χ4n) is 1.89. The first kappa shape index (κ1) is 11.8. The highest BCUT2D eigenvalue weighted by Crippen LogP contribution is 2.21. The number of carbonyl (C=O) groups excluding carboxylic acids is 1. The summed E-state index contributed by atoms with van der Waals surface area (Å²) in [4.78, 5) is 22.1. The molecule has 0 unspecified atom stereocenters. The van der Waals surface area contributed by atoms with Gasteiger partial charge in [0.15, 0.2) is 5.78 Å². The number of Topliss-reactive ketones (excluding diaryl/α,β-unsaturated/α-hetero) is 1. The van der Waals surface area contributed by atoms with E-state index in [2.05, 4.69) is 0 Å². The molecule has 0 atom stereocenters. The molecule has 0 amide bonds. The van der Waals surface area contributed by atoms with Crippen molar-refractivity contribution in [2.45, 2.75) is 32.5 Å². The molecule has 1 aromatic carbocycles. The zero-order valence-electron chi connectivity index (χ0n) is 9.44. The average molecular weight is 234 g/mol. The number of aliphatic carboxylic acids is 1. The average Bonchev–Trinajstić information content (AvgIpc) is 2.75. The Hall–Kier alpha value is -1.68. The molecule has 1 aliphatic heterocycles. The SMILES string of the molecule is O=C(O)CCCC(=O)c1ccc2c(c1)COC2. The summed E-state index contributed by atoms with van der Waals surface area (Å²) in [5.41, 5.74) is 2.85. The Kier molecular flexibility index (Phi) is 3.54. The molecule has 1 aliphatic rings. The van der Waals surface area contributed by atoms with Crippen LogP contribution in [0.3, 0.4) is 0 Å². The first-order valence-electron chi connectivity index (χ1n) is 5.61. The lowest BCUT2D eigenvalue weighted by molar-refractivity contribution is -0.137. The number of hydrogen-bond acceptors (Lipinski definition) is 3. The molecule has 0 aliphatic carbocycles. The third-order valence-corrected chi connectivity index (χ3v) is 2.84. The molecular weight excluding hydrogens is 220 g/mol. The Labute approximate surface area is 99.2 Å². The summed E-state index contributed by atoms with van der Waals surface area (Å²) >= 11 is 0. The minimum atomic E-state index is -0.861. The summed E-state index contributed by atoms with van der Waals surface area (Å²) in [5.74, 6) is -0.860. The number of rotatable bonds is 5. The van der Waals surface area contributed by atoms with Crippen LogP contribution in [0.4, 0.5) is 0 Å². The lowest BCUT2D eigenvalue weighted by Gasteiger charge is -2.02. The van der Waals surface area contributed by atoms with E-state index in [1.165, 1.54) is 0 Å². The second-order valence-electron chi connectivity index (χ2n) is 4.15. The molecule has 17 heavy (non-hydrogen) atoms. The molecule has 0 fully saturated rings. The summed E-state index contributed by atoms with van der Waals surface area (Å²) in [6.07, 6.45) is 0.716. The van der Waals surface area contributed by atoms with Crippen molar-refractivity contribution in [2.75, 3.05) is 0 Å². The van der Waals surface area contributed by atoms with Gasteiger partial charge >= 0.3 is 5.97 Å². The van der Waals surface area contributed by atoms with Gasteiger partial charge in [0.05, 0.1) is 13.2 Å². The van der Waals surface area contributed by atoms with E-state index in [0.717, 1.165) is 11.1 Å². The predicted molar refractivity (Wildman–Crippen MR) is 60.8 cm³/mol. The molecule has 1 aromatic rings. The topological polar surface area (TPSA) is 63.6 Å². The molecule has 4 heteroatoms. The summed E-state index contributed by atoms with van der Waals surface area (Å²) < 4.78 is 5.27. The number of ketones is 1. The molecular formula is C13H14O4. The summed E-state index contributed by atoms with van der Waals surface area (Å²) in [7, 11) is 0. The van der Waals surface area contributed by atoms with Crippen LogP contribution in [0.25, 0.3) is 0 Å². The van der Waals surface area contributed by atoms with Crippen molar-refractivity contribution in [1.29, 1.82) is 0 Å². The largest absolute Gasteiger partial charge is 0.481 e. The summed E-state index contributed by atoms with van der Waals surface area (Å²) in [6.45, 7) is 1.17. The van der Waals surface area contributed by atoms with Crippen LogP contribution in [0, 0.1) is 0 Å². The van der Waals surface area contributed by atoms with Crippen molar-refractivity contribution in [1.82, 2.24) is 0 Å². The predicted octanol–water partition coefficient (Wildman–Crippen LogP) is 2.15.